The van der Waals surface area contributed by atoms with Crippen molar-refractivity contribution in [2.75, 3.05) is 11.9 Å². The number of likely N-dealkylation sites (N-methyl/N-ethyl adjacent to an activating group) is 1. The van der Waals surface area contributed by atoms with E-state index in [1.165, 1.54) is 6.07 Å². The minimum absolute atomic E-state index is 0.162. The summed E-state index contributed by atoms with van der Waals surface area (Å²) in [4.78, 5) is 32.7. The van der Waals surface area contributed by atoms with Crippen LogP contribution >= 0.6 is 0 Å². The van der Waals surface area contributed by atoms with Crippen LogP contribution in [-0.4, -0.2) is 42.7 Å². The van der Waals surface area contributed by atoms with Crippen LogP contribution in [-0.2, 0) is 16.0 Å². The fourth-order valence-electron chi connectivity index (χ4n) is 4.13. The van der Waals surface area contributed by atoms with Gasteiger partial charge < -0.3 is 16.0 Å². The maximum Gasteiger partial charge on any atom is 0.225 e. The molecule has 34 heavy (non-hydrogen) atoms. The molecular formula is C27H27FN4O2. The summed E-state index contributed by atoms with van der Waals surface area (Å²) in [5.74, 6) is -1.22. The van der Waals surface area contributed by atoms with Crippen LogP contribution in [0.25, 0.3) is 0 Å². The molecule has 6 nitrogen and oxygen atoms in total. The smallest absolute Gasteiger partial charge is 0.225 e. The average molecular weight is 459 g/mol. The monoisotopic (exact) mass is 458 g/mol. The number of rotatable bonds is 6. The highest BCUT2D eigenvalue weighted by Gasteiger charge is 2.36. The van der Waals surface area contributed by atoms with Crippen molar-refractivity contribution in [3.8, 4) is 0 Å². The SMILES string of the molecule is CC(NC(=O)Cc1ccccc1F)C(=O)C1N=C(c2ccccc2)c2ccccc2N(C)[C@@H]1N. The standard InChI is InChI=1S/C27H27FN4O2/c1-17(30-23(33)16-19-12-6-8-14-21(19)28)26(34)25-27(29)32(2)22-15-9-7-13-20(22)24(31-25)18-10-4-3-5-11-18/h3-15,17,25,27H,16,29H2,1-2H3,(H,30,33)/t17?,25?,27-/m0/s1. The maximum absolute atomic E-state index is 13.9. The molecule has 1 aliphatic heterocycles. The van der Waals surface area contributed by atoms with Crippen molar-refractivity contribution < 1.29 is 14.0 Å². The molecule has 3 N–H and O–H groups in total. The minimum atomic E-state index is -0.920. The fraction of sp³-hybridized carbons (Fsp3) is 0.222. The first kappa shape index (κ1) is 23.3. The van der Waals surface area contributed by atoms with Gasteiger partial charge in [-0.25, -0.2) is 4.39 Å². The summed E-state index contributed by atoms with van der Waals surface area (Å²) >= 11 is 0. The van der Waals surface area contributed by atoms with Crippen LogP contribution in [0, 0.1) is 5.82 Å². The molecule has 7 heteroatoms. The lowest BCUT2D eigenvalue weighted by Crippen LogP contribution is -2.55. The molecule has 0 saturated heterocycles. The van der Waals surface area contributed by atoms with Crippen LogP contribution in [0.15, 0.2) is 83.9 Å². The summed E-state index contributed by atoms with van der Waals surface area (Å²) in [6.45, 7) is 1.60. The Hall–Kier alpha value is -3.84. The molecule has 0 aliphatic carbocycles. The van der Waals surface area contributed by atoms with Crippen molar-refractivity contribution >= 4 is 23.1 Å². The number of carbonyl (C=O) groups excluding carboxylic acids is 2. The lowest BCUT2D eigenvalue weighted by molar-refractivity contribution is -0.128. The van der Waals surface area contributed by atoms with Gasteiger partial charge in [-0.05, 0) is 24.6 Å². The van der Waals surface area contributed by atoms with Crippen molar-refractivity contribution in [3.63, 3.8) is 0 Å². The van der Waals surface area contributed by atoms with Gasteiger partial charge in [-0.3, -0.25) is 14.6 Å². The maximum atomic E-state index is 13.9. The van der Waals surface area contributed by atoms with Gasteiger partial charge in [0.15, 0.2) is 5.78 Å². The topological polar surface area (TPSA) is 87.8 Å². The van der Waals surface area contributed by atoms with E-state index in [2.05, 4.69) is 5.32 Å². The first-order chi connectivity index (χ1) is 16.4. The second kappa shape index (κ2) is 9.97. The summed E-state index contributed by atoms with van der Waals surface area (Å²) in [6, 6.07) is 21.7. The van der Waals surface area contributed by atoms with E-state index in [1.807, 2.05) is 66.5 Å². The summed E-state index contributed by atoms with van der Waals surface area (Å²) in [5, 5.41) is 2.69. The van der Waals surface area contributed by atoms with E-state index in [1.54, 1.807) is 25.1 Å². The number of nitrogens with two attached hydrogens (primary N) is 1. The molecular weight excluding hydrogens is 431 g/mol. The van der Waals surface area contributed by atoms with Crippen LogP contribution in [0.1, 0.15) is 23.6 Å². The number of ketones is 1. The quantitative estimate of drug-likeness (QED) is 0.594. The molecule has 2 unspecified atom stereocenters. The third kappa shape index (κ3) is 4.75. The molecule has 1 amide bonds. The Labute approximate surface area is 198 Å². The number of nitrogens with one attached hydrogen (secondary N) is 1. The van der Waals surface area contributed by atoms with Crippen molar-refractivity contribution in [1.82, 2.24) is 5.32 Å². The molecule has 3 aromatic carbocycles. The van der Waals surface area contributed by atoms with Gasteiger partial charge in [0.05, 0.1) is 18.2 Å². The Morgan fingerprint density at radius 1 is 1.03 bits per heavy atom. The number of aliphatic imine (C=N–C) groups is 1. The van der Waals surface area contributed by atoms with Gasteiger partial charge in [0, 0.05) is 23.9 Å². The Morgan fingerprint density at radius 3 is 2.41 bits per heavy atom. The van der Waals surface area contributed by atoms with Gasteiger partial charge in [0.2, 0.25) is 5.91 Å². The molecule has 3 atom stereocenters. The molecule has 0 saturated carbocycles. The highest BCUT2D eigenvalue weighted by atomic mass is 19.1. The molecule has 0 bridgehead atoms. The summed E-state index contributed by atoms with van der Waals surface area (Å²) in [6.07, 6.45) is -0.897. The normalized spacial score (nSPS) is 18.4. The number of hydrogen-bond acceptors (Lipinski definition) is 5. The van der Waals surface area contributed by atoms with Crippen molar-refractivity contribution in [3.05, 3.63) is 101 Å². The Morgan fingerprint density at radius 2 is 1.68 bits per heavy atom. The summed E-state index contributed by atoms with van der Waals surface area (Å²) in [7, 11) is 1.83. The molecule has 174 valence electrons. The van der Waals surface area contributed by atoms with Crippen LogP contribution in [0.3, 0.4) is 0 Å². The second-order valence-electron chi connectivity index (χ2n) is 8.37. The number of halogens is 1. The molecule has 0 aromatic heterocycles. The van der Waals surface area contributed by atoms with Crippen LogP contribution in [0.2, 0.25) is 0 Å². The number of carbonyl (C=O) groups is 2. The van der Waals surface area contributed by atoms with Crippen molar-refractivity contribution in [1.29, 1.82) is 0 Å². The van der Waals surface area contributed by atoms with E-state index in [0.29, 0.717) is 5.71 Å². The number of para-hydroxylation sites is 1. The van der Waals surface area contributed by atoms with Gasteiger partial charge in [-0.15, -0.1) is 0 Å². The van der Waals surface area contributed by atoms with E-state index < -0.39 is 30.0 Å². The number of hydrogen-bond donors (Lipinski definition) is 2. The first-order valence-corrected chi connectivity index (χ1v) is 11.1. The molecule has 3 aromatic rings. The van der Waals surface area contributed by atoms with Crippen molar-refractivity contribution in [2.24, 2.45) is 10.7 Å². The van der Waals surface area contributed by atoms with E-state index in [0.717, 1.165) is 16.8 Å². The van der Waals surface area contributed by atoms with Gasteiger partial charge in [0.1, 0.15) is 18.0 Å². The number of benzodiazepines with no additional fused rings is 1. The third-order valence-electron chi connectivity index (χ3n) is 6.03. The second-order valence-corrected chi connectivity index (χ2v) is 8.37. The zero-order valence-electron chi connectivity index (χ0n) is 19.1. The molecule has 0 spiro atoms. The Kier molecular flexibility index (Phi) is 6.84. The molecule has 4 rings (SSSR count). The van der Waals surface area contributed by atoms with Gasteiger partial charge in [-0.2, -0.15) is 0 Å². The Bertz CT molecular complexity index is 1230. The van der Waals surface area contributed by atoms with Gasteiger partial charge >= 0.3 is 0 Å². The Balaban J connectivity index is 1.62. The van der Waals surface area contributed by atoms with Gasteiger partial charge in [0.25, 0.3) is 0 Å². The summed E-state index contributed by atoms with van der Waals surface area (Å²) in [5.41, 5.74) is 10.1. The van der Waals surface area contributed by atoms with E-state index in [9.17, 15) is 14.0 Å². The number of Topliss-reactive ketones (excluding diaryl/α,β-unsaturated/α-hetero) is 1. The minimum Gasteiger partial charge on any atom is -0.356 e. The number of anilines is 1. The van der Waals surface area contributed by atoms with Crippen molar-refractivity contribution in [2.45, 2.75) is 31.6 Å². The highest BCUT2D eigenvalue weighted by molar-refractivity contribution is 6.17. The van der Waals surface area contributed by atoms with E-state index in [-0.39, 0.29) is 17.8 Å². The summed E-state index contributed by atoms with van der Waals surface area (Å²) < 4.78 is 13.9. The van der Waals surface area contributed by atoms with E-state index >= 15 is 0 Å². The molecule has 1 aliphatic rings. The lowest BCUT2D eigenvalue weighted by atomic mass is 10.00. The molecule has 0 radical (unpaired) electrons. The number of nitrogens with zero attached hydrogens (tertiary/aromatic N) is 2. The zero-order valence-corrected chi connectivity index (χ0v) is 19.1. The molecule has 0 fully saturated rings. The van der Waals surface area contributed by atoms with E-state index in [4.69, 9.17) is 10.7 Å². The number of fused-ring (bicyclic) bond motifs is 1. The largest absolute Gasteiger partial charge is 0.356 e. The predicted octanol–water partition coefficient (Wildman–Crippen LogP) is 3.08. The van der Waals surface area contributed by atoms with Crippen LogP contribution < -0.4 is 16.0 Å². The highest BCUT2D eigenvalue weighted by Crippen LogP contribution is 2.29. The average Bonchev–Trinajstić information content (AvgIpc) is 2.95. The van der Waals surface area contributed by atoms with Crippen LogP contribution in [0.4, 0.5) is 10.1 Å². The number of benzene rings is 3. The fourth-order valence-corrected chi connectivity index (χ4v) is 4.13. The third-order valence-corrected chi connectivity index (χ3v) is 6.03. The first-order valence-electron chi connectivity index (χ1n) is 11.1. The van der Waals surface area contributed by atoms with Crippen LogP contribution in [0.5, 0.6) is 0 Å². The number of amides is 1. The predicted molar refractivity (Wildman–Crippen MR) is 131 cm³/mol. The van der Waals surface area contributed by atoms with Gasteiger partial charge in [-0.1, -0.05) is 66.7 Å². The zero-order chi connectivity index (χ0) is 24.2. The molecule has 1 heterocycles. The lowest BCUT2D eigenvalue weighted by Gasteiger charge is -2.30.